The molecule has 4 rings (SSSR count). The third-order valence-electron chi connectivity index (χ3n) is 4.54. The number of benzene rings is 2. The van der Waals surface area contributed by atoms with Gasteiger partial charge in [-0.3, -0.25) is 4.79 Å². The van der Waals surface area contributed by atoms with Crippen LogP contribution in [0.1, 0.15) is 22.9 Å². The highest BCUT2D eigenvalue weighted by Crippen LogP contribution is 2.24. The number of aromatic nitrogens is 2. The standard InChI is InChI=1S/C23H21N3O2S/c1-15-3-5-18(6-4-15)21-13-24-23(28-21)12-11-22(27)26-19-9-7-17(8-10-19)20-14-29-16(2)25-20/h3-10,13-14H,11-12H2,1-2H3,(H,26,27). The third kappa shape index (κ3) is 4.78. The molecule has 4 aromatic rings. The highest BCUT2D eigenvalue weighted by atomic mass is 32.1. The van der Waals surface area contributed by atoms with E-state index in [9.17, 15) is 4.79 Å². The number of anilines is 1. The van der Waals surface area contributed by atoms with Gasteiger partial charge in [-0.05, 0) is 26.0 Å². The molecule has 0 aliphatic heterocycles. The SMILES string of the molecule is Cc1ccc(-c2cnc(CCC(=O)Nc3ccc(-c4csc(C)n4)cc3)o2)cc1. The molecule has 0 aliphatic carbocycles. The predicted molar refractivity (Wildman–Crippen MR) is 116 cm³/mol. The van der Waals surface area contributed by atoms with Gasteiger partial charge < -0.3 is 9.73 Å². The maximum atomic E-state index is 12.3. The molecule has 0 atom stereocenters. The van der Waals surface area contributed by atoms with Gasteiger partial charge in [-0.2, -0.15) is 0 Å². The highest BCUT2D eigenvalue weighted by Gasteiger charge is 2.10. The van der Waals surface area contributed by atoms with Crippen LogP contribution in [0.25, 0.3) is 22.6 Å². The molecule has 0 bridgehead atoms. The monoisotopic (exact) mass is 403 g/mol. The van der Waals surface area contributed by atoms with E-state index in [2.05, 4.69) is 15.3 Å². The van der Waals surface area contributed by atoms with Crippen molar-refractivity contribution < 1.29 is 9.21 Å². The number of oxazole rings is 1. The molecule has 2 aromatic heterocycles. The van der Waals surface area contributed by atoms with Crippen LogP contribution in [-0.2, 0) is 11.2 Å². The minimum absolute atomic E-state index is 0.0719. The van der Waals surface area contributed by atoms with E-state index in [1.165, 1.54) is 5.56 Å². The summed E-state index contributed by atoms with van der Waals surface area (Å²) in [6.07, 6.45) is 2.46. The summed E-state index contributed by atoms with van der Waals surface area (Å²) in [5.41, 5.74) is 4.93. The molecule has 0 saturated heterocycles. The minimum atomic E-state index is -0.0719. The zero-order chi connectivity index (χ0) is 20.2. The summed E-state index contributed by atoms with van der Waals surface area (Å²) in [6.45, 7) is 4.03. The highest BCUT2D eigenvalue weighted by molar-refractivity contribution is 7.09. The van der Waals surface area contributed by atoms with Crippen molar-refractivity contribution in [1.82, 2.24) is 9.97 Å². The molecule has 146 valence electrons. The van der Waals surface area contributed by atoms with Gasteiger partial charge in [-0.25, -0.2) is 9.97 Å². The molecule has 5 nitrogen and oxygen atoms in total. The average Bonchev–Trinajstić information content (AvgIpc) is 3.37. The van der Waals surface area contributed by atoms with Gasteiger partial charge in [-0.1, -0.05) is 42.0 Å². The van der Waals surface area contributed by atoms with E-state index in [0.29, 0.717) is 24.5 Å². The largest absolute Gasteiger partial charge is 0.441 e. The number of aryl methyl sites for hydroxylation is 3. The summed E-state index contributed by atoms with van der Waals surface area (Å²) >= 11 is 1.62. The van der Waals surface area contributed by atoms with Gasteiger partial charge >= 0.3 is 0 Å². The summed E-state index contributed by atoms with van der Waals surface area (Å²) in [4.78, 5) is 21.0. The fraction of sp³-hybridized carbons (Fsp3) is 0.174. The lowest BCUT2D eigenvalue weighted by Crippen LogP contribution is -2.12. The molecule has 6 heteroatoms. The normalized spacial score (nSPS) is 10.8. The van der Waals surface area contributed by atoms with Crippen LogP contribution in [0.2, 0.25) is 0 Å². The van der Waals surface area contributed by atoms with Crippen LogP contribution >= 0.6 is 11.3 Å². The Morgan fingerprint density at radius 1 is 1.03 bits per heavy atom. The van der Waals surface area contributed by atoms with Crippen LogP contribution < -0.4 is 5.32 Å². The van der Waals surface area contributed by atoms with Crippen LogP contribution in [0.5, 0.6) is 0 Å². The smallest absolute Gasteiger partial charge is 0.224 e. The molecule has 0 unspecified atom stereocenters. The lowest BCUT2D eigenvalue weighted by atomic mass is 10.1. The molecule has 1 N–H and O–H groups in total. The van der Waals surface area contributed by atoms with Crippen molar-refractivity contribution in [3.63, 3.8) is 0 Å². The molecule has 0 radical (unpaired) electrons. The first kappa shape index (κ1) is 19.1. The molecular weight excluding hydrogens is 382 g/mol. The summed E-state index contributed by atoms with van der Waals surface area (Å²) in [5, 5.41) is 5.98. The van der Waals surface area contributed by atoms with Gasteiger partial charge in [0.1, 0.15) is 0 Å². The Labute approximate surface area is 173 Å². The Kier molecular flexibility index (Phi) is 5.53. The first-order valence-corrected chi connectivity index (χ1v) is 10.3. The Bertz CT molecular complexity index is 1110. The van der Waals surface area contributed by atoms with Crippen molar-refractivity contribution in [2.45, 2.75) is 26.7 Å². The second-order valence-corrected chi connectivity index (χ2v) is 7.92. The second-order valence-electron chi connectivity index (χ2n) is 6.86. The van der Waals surface area contributed by atoms with E-state index in [1.54, 1.807) is 17.5 Å². The van der Waals surface area contributed by atoms with E-state index < -0.39 is 0 Å². The first-order chi connectivity index (χ1) is 14.1. The van der Waals surface area contributed by atoms with Crippen LogP contribution in [0.15, 0.2) is 64.5 Å². The summed E-state index contributed by atoms with van der Waals surface area (Å²) in [6, 6.07) is 15.8. The molecule has 2 heterocycles. The van der Waals surface area contributed by atoms with Crippen LogP contribution in [0.4, 0.5) is 5.69 Å². The van der Waals surface area contributed by atoms with E-state index >= 15 is 0 Å². The second kappa shape index (κ2) is 8.41. The number of nitrogens with one attached hydrogen (secondary N) is 1. The van der Waals surface area contributed by atoms with Gasteiger partial charge in [0.25, 0.3) is 0 Å². The quantitative estimate of drug-likeness (QED) is 0.451. The van der Waals surface area contributed by atoms with Gasteiger partial charge in [0, 0.05) is 35.0 Å². The van der Waals surface area contributed by atoms with E-state index in [-0.39, 0.29) is 5.91 Å². The molecule has 0 fully saturated rings. The average molecular weight is 404 g/mol. The molecule has 2 aromatic carbocycles. The van der Waals surface area contributed by atoms with Crippen molar-refractivity contribution in [1.29, 1.82) is 0 Å². The van der Waals surface area contributed by atoms with Crippen molar-refractivity contribution in [2.24, 2.45) is 0 Å². The van der Waals surface area contributed by atoms with Crippen LogP contribution in [-0.4, -0.2) is 15.9 Å². The topological polar surface area (TPSA) is 68.0 Å². The number of hydrogen-bond donors (Lipinski definition) is 1. The fourth-order valence-electron chi connectivity index (χ4n) is 2.94. The summed E-state index contributed by atoms with van der Waals surface area (Å²) in [5.74, 6) is 1.20. The van der Waals surface area contributed by atoms with E-state index in [0.717, 1.165) is 27.5 Å². The fourth-order valence-corrected chi connectivity index (χ4v) is 3.56. The molecule has 29 heavy (non-hydrogen) atoms. The maximum absolute atomic E-state index is 12.3. The van der Waals surface area contributed by atoms with Crippen LogP contribution in [0, 0.1) is 13.8 Å². The lowest BCUT2D eigenvalue weighted by Gasteiger charge is -2.05. The first-order valence-electron chi connectivity index (χ1n) is 9.41. The molecule has 0 aliphatic rings. The van der Waals surface area contributed by atoms with Crippen molar-refractivity contribution >= 4 is 22.9 Å². The van der Waals surface area contributed by atoms with Crippen molar-refractivity contribution in [2.75, 3.05) is 5.32 Å². The molecule has 0 spiro atoms. The Morgan fingerprint density at radius 2 is 1.76 bits per heavy atom. The number of carbonyl (C=O) groups is 1. The van der Waals surface area contributed by atoms with Crippen LogP contribution in [0.3, 0.4) is 0 Å². The maximum Gasteiger partial charge on any atom is 0.224 e. The zero-order valence-electron chi connectivity index (χ0n) is 16.3. The predicted octanol–water partition coefficient (Wildman–Crippen LogP) is 5.65. The van der Waals surface area contributed by atoms with E-state index in [1.807, 2.05) is 67.8 Å². The summed E-state index contributed by atoms with van der Waals surface area (Å²) in [7, 11) is 0. The lowest BCUT2D eigenvalue weighted by molar-refractivity contribution is -0.116. The summed E-state index contributed by atoms with van der Waals surface area (Å²) < 4.78 is 5.78. The Balaban J connectivity index is 1.31. The number of rotatable bonds is 6. The number of thiazole rings is 1. The van der Waals surface area contributed by atoms with Gasteiger partial charge in [0.2, 0.25) is 5.91 Å². The number of nitrogens with zero attached hydrogens (tertiary/aromatic N) is 2. The third-order valence-corrected chi connectivity index (χ3v) is 5.31. The van der Waals surface area contributed by atoms with Gasteiger partial charge in [0.05, 0.1) is 16.9 Å². The minimum Gasteiger partial charge on any atom is -0.441 e. The Hall–Kier alpha value is -3.25. The van der Waals surface area contributed by atoms with E-state index in [4.69, 9.17) is 4.42 Å². The molecular formula is C23H21N3O2S. The molecule has 0 saturated carbocycles. The number of carbonyl (C=O) groups excluding carboxylic acids is 1. The van der Waals surface area contributed by atoms with Gasteiger partial charge in [-0.15, -0.1) is 11.3 Å². The Morgan fingerprint density at radius 3 is 2.45 bits per heavy atom. The number of hydrogen-bond acceptors (Lipinski definition) is 5. The van der Waals surface area contributed by atoms with Crippen molar-refractivity contribution in [3.8, 4) is 22.6 Å². The zero-order valence-corrected chi connectivity index (χ0v) is 17.1. The molecule has 1 amide bonds. The van der Waals surface area contributed by atoms with Gasteiger partial charge in [0.15, 0.2) is 11.7 Å². The number of amides is 1. The van der Waals surface area contributed by atoms with Crippen molar-refractivity contribution in [3.05, 3.63) is 76.6 Å².